The number of amides is 2. The fourth-order valence-electron chi connectivity index (χ4n) is 1.54. The predicted molar refractivity (Wildman–Crippen MR) is 65.1 cm³/mol. The summed E-state index contributed by atoms with van der Waals surface area (Å²) in [6, 6.07) is 9.21. The molecule has 0 unspecified atom stereocenters. The van der Waals surface area contributed by atoms with Gasteiger partial charge in [-0.05, 0) is 31.1 Å². The molecule has 0 fully saturated rings. The molecule has 1 aromatic rings. The summed E-state index contributed by atoms with van der Waals surface area (Å²) in [7, 11) is 0. The van der Waals surface area contributed by atoms with Gasteiger partial charge in [-0.15, -0.1) is 0 Å². The quantitative estimate of drug-likeness (QED) is 0.780. The minimum Gasteiger partial charge on any atom is -0.312 e. The Morgan fingerprint density at radius 3 is 2.62 bits per heavy atom. The Labute approximate surface area is 94.9 Å². The van der Waals surface area contributed by atoms with Crippen LogP contribution in [0.5, 0.6) is 0 Å². The Morgan fingerprint density at radius 1 is 1.12 bits per heavy atom. The summed E-state index contributed by atoms with van der Waals surface area (Å²) in [5.41, 5.74) is 1.75. The van der Waals surface area contributed by atoms with Crippen molar-refractivity contribution in [1.29, 1.82) is 0 Å². The van der Waals surface area contributed by atoms with E-state index in [-0.39, 0.29) is 6.03 Å². The van der Waals surface area contributed by atoms with Crippen LogP contribution in [-0.4, -0.2) is 6.03 Å². The summed E-state index contributed by atoms with van der Waals surface area (Å²) in [6.45, 7) is 0. The van der Waals surface area contributed by atoms with Crippen LogP contribution in [0, 0.1) is 0 Å². The number of rotatable bonds is 2. The lowest BCUT2D eigenvalue weighted by Crippen LogP contribution is -2.28. The minimum absolute atomic E-state index is 0.187. The van der Waals surface area contributed by atoms with E-state index in [1.54, 1.807) is 0 Å². The van der Waals surface area contributed by atoms with Crippen LogP contribution in [0.15, 0.2) is 54.3 Å². The number of urea groups is 1. The van der Waals surface area contributed by atoms with E-state index < -0.39 is 0 Å². The number of allylic oxidation sites excluding steroid dienone is 4. The molecule has 0 saturated heterocycles. The van der Waals surface area contributed by atoms with Gasteiger partial charge in [0.2, 0.25) is 0 Å². The summed E-state index contributed by atoms with van der Waals surface area (Å²) in [5.74, 6) is 0. The molecule has 0 aliphatic heterocycles. The number of carbonyl (C=O) groups is 1. The molecule has 1 aromatic carbocycles. The van der Waals surface area contributed by atoms with Gasteiger partial charge in [-0.1, -0.05) is 30.4 Å². The maximum atomic E-state index is 11.6. The number of nitrogens with one attached hydrogen (secondary N) is 2. The summed E-state index contributed by atoms with van der Waals surface area (Å²) in [6.07, 6.45) is 7.84. The summed E-state index contributed by atoms with van der Waals surface area (Å²) in [5, 5.41) is 5.60. The molecule has 0 radical (unpaired) electrons. The second kappa shape index (κ2) is 5.16. The number of anilines is 1. The zero-order valence-electron chi connectivity index (χ0n) is 8.94. The molecule has 16 heavy (non-hydrogen) atoms. The van der Waals surface area contributed by atoms with Gasteiger partial charge in [0.1, 0.15) is 0 Å². The van der Waals surface area contributed by atoms with Gasteiger partial charge in [0.15, 0.2) is 0 Å². The molecule has 1 aliphatic rings. The zero-order valence-corrected chi connectivity index (χ0v) is 8.94. The van der Waals surface area contributed by atoms with E-state index in [0.29, 0.717) is 0 Å². The van der Waals surface area contributed by atoms with Crippen molar-refractivity contribution in [2.45, 2.75) is 12.8 Å². The molecular weight excluding hydrogens is 200 g/mol. The highest BCUT2D eigenvalue weighted by molar-refractivity contribution is 5.90. The Morgan fingerprint density at radius 2 is 1.94 bits per heavy atom. The summed E-state index contributed by atoms with van der Waals surface area (Å²) in [4.78, 5) is 11.6. The van der Waals surface area contributed by atoms with Gasteiger partial charge in [0.05, 0.1) is 0 Å². The molecule has 0 spiro atoms. The van der Waals surface area contributed by atoms with Gasteiger partial charge in [0.25, 0.3) is 0 Å². The van der Waals surface area contributed by atoms with Crippen LogP contribution in [0.3, 0.4) is 0 Å². The van der Waals surface area contributed by atoms with Crippen molar-refractivity contribution >= 4 is 11.7 Å². The van der Waals surface area contributed by atoms with Crippen molar-refractivity contribution in [1.82, 2.24) is 5.32 Å². The molecule has 0 atom stereocenters. The van der Waals surface area contributed by atoms with Gasteiger partial charge in [-0.2, -0.15) is 0 Å². The van der Waals surface area contributed by atoms with Crippen molar-refractivity contribution < 1.29 is 4.79 Å². The molecule has 2 rings (SSSR count). The molecule has 3 heteroatoms. The van der Waals surface area contributed by atoms with Crippen molar-refractivity contribution in [2.24, 2.45) is 0 Å². The molecule has 2 amide bonds. The second-order valence-electron chi connectivity index (χ2n) is 3.60. The highest BCUT2D eigenvalue weighted by atomic mass is 16.2. The van der Waals surface area contributed by atoms with Crippen molar-refractivity contribution in [3.8, 4) is 0 Å². The fourth-order valence-corrected chi connectivity index (χ4v) is 1.54. The number of carbonyl (C=O) groups excluding carboxylic acids is 1. The van der Waals surface area contributed by atoms with Crippen LogP contribution in [0.2, 0.25) is 0 Å². The van der Waals surface area contributed by atoms with Crippen LogP contribution in [0.1, 0.15) is 12.8 Å². The normalized spacial score (nSPS) is 14.1. The largest absolute Gasteiger partial charge is 0.323 e. The third-order valence-corrected chi connectivity index (χ3v) is 2.32. The fraction of sp³-hybridized carbons (Fsp3) is 0.154. The minimum atomic E-state index is -0.187. The maximum absolute atomic E-state index is 11.6. The van der Waals surface area contributed by atoms with Gasteiger partial charge >= 0.3 is 6.03 Å². The lowest BCUT2D eigenvalue weighted by atomic mass is 10.1. The maximum Gasteiger partial charge on any atom is 0.323 e. The SMILES string of the molecule is O=C(NC1=CC=CCC1)Nc1ccccc1. The molecule has 0 aromatic heterocycles. The summed E-state index contributed by atoms with van der Waals surface area (Å²) >= 11 is 0. The lowest BCUT2D eigenvalue weighted by Gasteiger charge is -2.11. The summed E-state index contributed by atoms with van der Waals surface area (Å²) < 4.78 is 0. The first-order chi connectivity index (χ1) is 7.84. The Kier molecular flexibility index (Phi) is 3.38. The lowest BCUT2D eigenvalue weighted by molar-refractivity contribution is 0.254. The van der Waals surface area contributed by atoms with Gasteiger partial charge in [-0.25, -0.2) is 4.79 Å². The molecule has 82 valence electrons. The van der Waals surface area contributed by atoms with Gasteiger partial charge < -0.3 is 10.6 Å². The Balaban J connectivity index is 1.89. The number of hydrogen-bond acceptors (Lipinski definition) is 1. The first kappa shape index (κ1) is 10.5. The monoisotopic (exact) mass is 214 g/mol. The van der Waals surface area contributed by atoms with E-state index in [0.717, 1.165) is 24.2 Å². The molecule has 1 aliphatic carbocycles. The van der Waals surface area contributed by atoms with Crippen molar-refractivity contribution in [3.05, 3.63) is 54.3 Å². The van der Waals surface area contributed by atoms with E-state index in [1.807, 2.05) is 42.5 Å². The highest BCUT2D eigenvalue weighted by Crippen LogP contribution is 2.09. The third kappa shape index (κ3) is 2.98. The average molecular weight is 214 g/mol. The van der Waals surface area contributed by atoms with E-state index >= 15 is 0 Å². The van der Waals surface area contributed by atoms with Crippen LogP contribution in [-0.2, 0) is 0 Å². The van der Waals surface area contributed by atoms with Crippen LogP contribution >= 0.6 is 0 Å². The topological polar surface area (TPSA) is 41.1 Å². The Bertz CT molecular complexity index is 421. The van der Waals surface area contributed by atoms with Crippen LogP contribution in [0.25, 0.3) is 0 Å². The van der Waals surface area contributed by atoms with Crippen molar-refractivity contribution in [2.75, 3.05) is 5.32 Å². The molecule has 3 nitrogen and oxygen atoms in total. The number of para-hydroxylation sites is 1. The molecule has 0 bridgehead atoms. The molecule has 0 heterocycles. The number of benzene rings is 1. The van der Waals surface area contributed by atoms with Crippen molar-refractivity contribution in [3.63, 3.8) is 0 Å². The van der Waals surface area contributed by atoms with Crippen LogP contribution < -0.4 is 10.6 Å². The van der Waals surface area contributed by atoms with Gasteiger partial charge in [0, 0.05) is 11.4 Å². The molecular formula is C13H14N2O. The zero-order chi connectivity index (χ0) is 11.2. The van der Waals surface area contributed by atoms with E-state index in [9.17, 15) is 4.79 Å². The van der Waals surface area contributed by atoms with E-state index in [2.05, 4.69) is 16.7 Å². The average Bonchev–Trinajstić information content (AvgIpc) is 2.31. The molecule has 0 saturated carbocycles. The first-order valence-electron chi connectivity index (χ1n) is 5.33. The van der Waals surface area contributed by atoms with Gasteiger partial charge in [-0.3, -0.25) is 0 Å². The predicted octanol–water partition coefficient (Wildman–Crippen LogP) is 3.04. The van der Waals surface area contributed by atoms with E-state index in [4.69, 9.17) is 0 Å². The highest BCUT2D eigenvalue weighted by Gasteiger charge is 2.04. The standard InChI is InChI=1S/C13H14N2O/c16-13(14-11-7-3-1-4-8-11)15-12-9-5-2-6-10-12/h1-5,7-9H,6,10H2,(H2,14,15,16). The number of hydrogen-bond donors (Lipinski definition) is 2. The molecule has 2 N–H and O–H groups in total. The second-order valence-corrected chi connectivity index (χ2v) is 3.60. The van der Waals surface area contributed by atoms with E-state index in [1.165, 1.54) is 0 Å². The Hall–Kier alpha value is -2.03. The first-order valence-corrected chi connectivity index (χ1v) is 5.33. The van der Waals surface area contributed by atoms with Crippen LogP contribution in [0.4, 0.5) is 10.5 Å². The third-order valence-electron chi connectivity index (χ3n) is 2.32. The smallest absolute Gasteiger partial charge is 0.312 e.